The molecule has 4 aromatic carbocycles. The van der Waals surface area contributed by atoms with Gasteiger partial charge in [0.1, 0.15) is 31.6 Å². The second-order valence-corrected chi connectivity index (χ2v) is 13.2. The normalized spacial score (nSPS) is 18.1. The Labute approximate surface area is 315 Å². The Hall–Kier alpha value is -5.94. The molecule has 4 atom stereocenters. The molecule has 4 N–H and O–H groups in total. The topological polar surface area (TPSA) is 152 Å². The third-order valence-electron chi connectivity index (χ3n) is 8.89. The molecule has 1 aliphatic heterocycles. The van der Waals surface area contributed by atoms with E-state index in [1.807, 2.05) is 115 Å². The van der Waals surface area contributed by atoms with E-state index in [2.05, 4.69) is 16.0 Å². The first kappa shape index (κ1) is 39.3. The fourth-order valence-corrected chi connectivity index (χ4v) is 5.97. The van der Waals surface area contributed by atoms with E-state index >= 15 is 0 Å². The van der Waals surface area contributed by atoms with Crippen molar-refractivity contribution in [2.45, 2.75) is 63.4 Å². The van der Waals surface area contributed by atoms with Crippen molar-refractivity contribution in [3.63, 3.8) is 0 Å². The van der Waals surface area contributed by atoms with Crippen molar-refractivity contribution in [1.82, 2.24) is 16.0 Å². The van der Waals surface area contributed by atoms with E-state index in [1.165, 1.54) is 0 Å². The highest BCUT2D eigenvalue weighted by molar-refractivity contribution is 5.86. The minimum Gasteiger partial charge on any atom is -0.489 e. The van der Waals surface area contributed by atoms with Crippen molar-refractivity contribution in [1.29, 1.82) is 0 Å². The number of benzene rings is 4. The summed E-state index contributed by atoms with van der Waals surface area (Å²) in [5.74, 6) is -1.50. The molecule has 0 aliphatic carbocycles. The molecule has 11 nitrogen and oxygen atoms in total. The number of amides is 3. The van der Waals surface area contributed by atoms with E-state index in [0.717, 1.165) is 22.3 Å². The minimum atomic E-state index is -1.05. The van der Waals surface area contributed by atoms with Gasteiger partial charge in [-0.3, -0.25) is 9.59 Å². The van der Waals surface area contributed by atoms with E-state index in [1.54, 1.807) is 12.2 Å². The number of rotatable bonds is 14. The van der Waals surface area contributed by atoms with Crippen LogP contribution in [-0.2, 0) is 49.9 Å². The maximum absolute atomic E-state index is 13.8. The number of carbonyl (C=O) groups excluding carboxylic acids is 4. The number of carbonyl (C=O) groups is 4. The Morgan fingerprint density at radius 2 is 1.39 bits per heavy atom. The van der Waals surface area contributed by atoms with Crippen LogP contribution >= 0.6 is 0 Å². The van der Waals surface area contributed by atoms with Crippen molar-refractivity contribution in [3.05, 3.63) is 150 Å². The van der Waals surface area contributed by atoms with Gasteiger partial charge in [-0.15, -0.1) is 0 Å². The zero-order valence-corrected chi connectivity index (χ0v) is 30.1. The van der Waals surface area contributed by atoms with Gasteiger partial charge in [0, 0.05) is 6.42 Å². The lowest BCUT2D eigenvalue weighted by Crippen LogP contribution is -2.47. The summed E-state index contributed by atoms with van der Waals surface area (Å²) >= 11 is 0. The minimum absolute atomic E-state index is 0.0285. The van der Waals surface area contributed by atoms with Crippen molar-refractivity contribution >= 4 is 23.9 Å². The Kier molecular flexibility index (Phi) is 15.2. The lowest BCUT2D eigenvalue weighted by Gasteiger charge is -2.25. The summed E-state index contributed by atoms with van der Waals surface area (Å²) < 4.78 is 17.0. The number of allylic oxidation sites excluding steroid dienone is 1. The number of cyclic esters (lactones) is 1. The number of hydrogen-bond donors (Lipinski definition) is 4. The Balaban J connectivity index is 1.27. The lowest BCUT2D eigenvalue weighted by atomic mass is 9.97. The molecule has 54 heavy (non-hydrogen) atoms. The predicted molar refractivity (Wildman–Crippen MR) is 203 cm³/mol. The van der Waals surface area contributed by atoms with Crippen LogP contribution in [0.2, 0.25) is 0 Å². The second-order valence-electron chi connectivity index (χ2n) is 13.2. The lowest BCUT2D eigenvalue weighted by molar-refractivity contribution is -0.147. The van der Waals surface area contributed by atoms with Crippen LogP contribution in [0.3, 0.4) is 0 Å². The molecule has 282 valence electrons. The van der Waals surface area contributed by atoms with Crippen LogP contribution in [0.1, 0.15) is 41.5 Å². The van der Waals surface area contributed by atoms with Crippen LogP contribution in [0.15, 0.2) is 127 Å². The molecule has 0 unspecified atom stereocenters. The summed E-state index contributed by atoms with van der Waals surface area (Å²) in [6.45, 7) is 0.00269. The molecule has 0 saturated carbocycles. The summed E-state index contributed by atoms with van der Waals surface area (Å²) in [6, 6.07) is 33.7. The number of alkyl carbamates (subject to hydrolysis) is 1. The van der Waals surface area contributed by atoms with Gasteiger partial charge in [-0.1, -0.05) is 115 Å². The van der Waals surface area contributed by atoms with Crippen LogP contribution in [0.5, 0.6) is 5.75 Å². The van der Waals surface area contributed by atoms with Gasteiger partial charge >= 0.3 is 12.1 Å². The molecule has 0 saturated heterocycles. The van der Waals surface area contributed by atoms with Crippen LogP contribution in [-0.4, -0.2) is 60.3 Å². The van der Waals surface area contributed by atoms with Crippen molar-refractivity contribution in [2.24, 2.45) is 5.92 Å². The fraction of sp³-hybridized carbons (Fsp3) is 0.302. The third kappa shape index (κ3) is 13.2. The molecule has 0 radical (unpaired) electrons. The zero-order valence-electron chi connectivity index (χ0n) is 30.1. The van der Waals surface area contributed by atoms with Crippen molar-refractivity contribution in [3.8, 4) is 5.75 Å². The van der Waals surface area contributed by atoms with Crippen molar-refractivity contribution < 1.29 is 38.5 Å². The van der Waals surface area contributed by atoms with Gasteiger partial charge in [0.25, 0.3) is 0 Å². The predicted octanol–water partition coefficient (Wildman–Crippen LogP) is 5.21. The molecule has 4 aromatic rings. The van der Waals surface area contributed by atoms with E-state index in [-0.39, 0.29) is 50.9 Å². The summed E-state index contributed by atoms with van der Waals surface area (Å²) in [6.07, 6.45) is 3.51. The van der Waals surface area contributed by atoms with E-state index in [0.29, 0.717) is 25.2 Å². The third-order valence-corrected chi connectivity index (χ3v) is 8.89. The Morgan fingerprint density at radius 3 is 2.04 bits per heavy atom. The SMILES string of the molecule is O=C(C[C@H]1CC=CC[C@@H](NC(=O)OCc2ccccc2)C(=O)OC[C@H](Cc2ccc(OCc3ccccc3)cc2)NC1=O)N[C@H](CO)Cc1ccccc1. The second kappa shape index (κ2) is 20.9. The molecular formula is C43H47N3O8. The maximum atomic E-state index is 13.8. The number of hydrogen-bond acceptors (Lipinski definition) is 8. The first-order valence-electron chi connectivity index (χ1n) is 18.1. The van der Waals surface area contributed by atoms with Crippen LogP contribution in [0.4, 0.5) is 4.79 Å². The van der Waals surface area contributed by atoms with Gasteiger partial charge in [0.2, 0.25) is 11.8 Å². The van der Waals surface area contributed by atoms with Gasteiger partial charge < -0.3 is 35.3 Å². The first-order valence-corrected chi connectivity index (χ1v) is 18.1. The highest BCUT2D eigenvalue weighted by Gasteiger charge is 2.28. The molecule has 0 spiro atoms. The molecule has 5 rings (SSSR count). The van der Waals surface area contributed by atoms with E-state index in [9.17, 15) is 24.3 Å². The van der Waals surface area contributed by atoms with Gasteiger partial charge in [0.15, 0.2) is 0 Å². The number of aliphatic hydroxyl groups excluding tert-OH is 1. The summed E-state index contributed by atoms with van der Waals surface area (Å²) in [4.78, 5) is 53.0. The first-order chi connectivity index (χ1) is 26.3. The average molecular weight is 734 g/mol. The van der Waals surface area contributed by atoms with Gasteiger partial charge in [-0.25, -0.2) is 9.59 Å². The highest BCUT2D eigenvalue weighted by Crippen LogP contribution is 2.18. The van der Waals surface area contributed by atoms with Crippen molar-refractivity contribution in [2.75, 3.05) is 13.2 Å². The standard InChI is InChI=1S/C43H47N3O8/c47-27-36(24-31-12-4-1-5-13-31)44-40(48)26-35-18-10-11-19-39(46-43(51)54-29-34-16-8-3-9-17-34)42(50)53-30-37(45-41(35)49)25-32-20-22-38(23-21-32)52-28-33-14-6-2-7-15-33/h1-17,20-23,35-37,39,47H,18-19,24-30H2,(H,44,48)(H,45,49)(H,46,51)/t35-,36+,37+,39-/m1/s1. The van der Waals surface area contributed by atoms with Crippen LogP contribution in [0, 0.1) is 5.92 Å². The van der Waals surface area contributed by atoms with E-state index in [4.69, 9.17) is 14.2 Å². The van der Waals surface area contributed by atoms with Gasteiger partial charge in [0.05, 0.1) is 24.6 Å². The Bertz CT molecular complexity index is 1800. The molecule has 1 heterocycles. The average Bonchev–Trinajstić information content (AvgIpc) is 3.19. The molecule has 0 aromatic heterocycles. The fourth-order valence-electron chi connectivity index (χ4n) is 5.97. The Morgan fingerprint density at radius 1 is 0.778 bits per heavy atom. The zero-order chi connectivity index (χ0) is 38.0. The van der Waals surface area contributed by atoms with Gasteiger partial charge in [-0.2, -0.15) is 0 Å². The quantitative estimate of drug-likeness (QED) is 0.102. The number of nitrogens with one attached hydrogen (secondary N) is 3. The summed E-state index contributed by atoms with van der Waals surface area (Å²) in [5, 5.41) is 18.5. The molecule has 0 bridgehead atoms. The molecule has 0 fully saturated rings. The number of ether oxygens (including phenoxy) is 3. The van der Waals surface area contributed by atoms with Gasteiger partial charge in [-0.05, 0) is 60.1 Å². The molecule has 11 heteroatoms. The summed E-state index contributed by atoms with van der Waals surface area (Å²) in [5.41, 5.74) is 3.65. The molecule has 3 amide bonds. The molecule has 1 aliphatic rings. The maximum Gasteiger partial charge on any atom is 0.408 e. The number of esters is 1. The highest BCUT2D eigenvalue weighted by atomic mass is 16.6. The number of aliphatic hydroxyl groups is 1. The monoisotopic (exact) mass is 733 g/mol. The smallest absolute Gasteiger partial charge is 0.408 e. The summed E-state index contributed by atoms with van der Waals surface area (Å²) in [7, 11) is 0. The van der Waals surface area contributed by atoms with E-state index < -0.39 is 36.1 Å². The van der Waals surface area contributed by atoms with Crippen LogP contribution in [0.25, 0.3) is 0 Å². The van der Waals surface area contributed by atoms with Crippen LogP contribution < -0.4 is 20.7 Å². The molecular weight excluding hydrogens is 686 g/mol. The largest absolute Gasteiger partial charge is 0.489 e.